The molecule has 2 aliphatic rings. The van der Waals surface area contributed by atoms with Crippen molar-refractivity contribution in [1.82, 2.24) is 5.32 Å². The SMILES string of the molecule is CCCCCc1cc(O)c2c(c1)OC(C)(C)C1=C2CNCC1. The fourth-order valence-electron chi connectivity index (χ4n) is 3.69. The van der Waals surface area contributed by atoms with Gasteiger partial charge in [-0.15, -0.1) is 0 Å². The van der Waals surface area contributed by atoms with E-state index in [-0.39, 0.29) is 5.60 Å². The van der Waals surface area contributed by atoms with Crippen LogP contribution in [0, 0.1) is 0 Å². The van der Waals surface area contributed by atoms with Crippen molar-refractivity contribution in [3.05, 3.63) is 28.8 Å². The first-order valence-corrected chi connectivity index (χ1v) is 8.51. The summed E-state index contributed by atoms with van der Waals surface area (Å²) in [4.78, 5) is 0. The third-order valence-electron chi connectivity index (χ3n) is 4.82. The van der Waals surface area contributed by atoms with E-state index in [0.29, 0.717) is 5.75 Å². The Morgan fingerprint density at radius 3 is 2.86 bits per heavy atom. The Morgan fingerprint density at radius 1 is 1.27 bits per heavy atom. The van der Waals surface area contributed by atoms with Crippen molar-refractivity contribution in [2.24, 2.45) is 0 Å². The average Bonchev–Trinajstić information content (AvgIpc) is 2.46. The highest BCUT2D eigenvalue weighted by Crippen LogP contribution is 2.47. The minimum Gasteiger partial charge on any atom is -0.507 e. The molecule has 0 aromatic heterocycles. The molecule has 22 heavy (non-hydrogen) atoms. The van der Waals surface area contributed by atoms with Crippen LogP contribution in [0.5, 0.6) is 11.5 Å². The molecule has 0 spiro atoms. The maximum atomic E-state index is 10.6. The van der Waals surface area contributed by atoms with E-state index in [1.165, 1.54) is 29.6 Å². The zero-order valence-corrected chi connectivity index (χ0v) is 14.0. The zero-order chi connectivity index (χ0) is 15.7. The van der Waals surface area contributed by atoms with Gasteiger partial charge in [0.05, 0.1) is 5.56 Å². The summed E-state index contributed by atoms with van der Waals surface area (Å²) in [5, 5.41) is 14.0. The number of benzene rings is 1. The largest absolute Gasteiger partial charge is 0.507 e. The van der Waals surface area contributed by atoms with Crippen LogP contribution in [0.2, 0.25) is 0 Å². The van der Waals surface area contributed by atoms with Crippen molar-refractivity contribution < 1.29 is 9.84 Å². The van der Waals surface area contributed by atoms with Crippen LogP contribution < -0.4 is 10.1 Å². The smallest absolute Gasteiger partial charge is 0.132 e. The molecule has 3 heteroatoms. The molecule has 0 aliphatic carbocycles. The Morgan fingerprint density at radius 2 is 2.09 bits per heavy atom. The van der Waals surface area contributed by atoms with Crippen molar-refractivity contribution in [2.75, 3.05) is 13.1 Å². The molecular weight excluding hydrogens is 274 g/mol. The lowest BCUT2D eigenvalue weighted by Gasteiger charge is -2.40. The van der Waals surface area contributed by atoms with Crippen LogP contribution in [0.25, 0.3) is 5.57 Å². The maximum absolute atomic E-state index is 10.6. The summed E-state index contributed by atoms with van der Waals surface area (Å²) in [6.45, 7) is 8.28. The Bertz CT molecular complexity index is 602. The fourth-order valence-corrected chi connectivity index (χ4v) is 3.69. The molecule has 0 fully saturated rings. The summed E-state index contributed by atoms with van der Waals surface area (Å²) in [6, 6.07) is 4.06. The lowest BCUT2D eigenvalue weighted by atomic mass is 9.81. The molecule has 0 unspecified atom stereocenters. The van der Waals surface area contributed by atoms with Gasteiger partial charge in [0.2, 0.25) is 0 Å². The number of aromatic hydroxyl groups is 1. The van der Waals surface area contributed by atoms with E-state index in [9.17, 15) is 5.11 Å². The Balaban J connectivity index is 2.00. The summed E-state index contributed by atoms with van der Waals surface area (Å²) in [7, 11) is 0. The lowest BCUT2D eigenvalue weighted by Crippen LogP contribution is -2.40. The summed E-state index contributed by atoms with van der Waals surface area (Å²) in [5.74, 6) is 1.22. The third-order valence-corrected chi connectivity index (χ3v) is 4.82. The molecule has 3 rings (SSSR count). The highest BCUT2D eigenvalue weighted by Gasteiger charge is 2.37. The first-order valence-electron chi connectivity index (χ1n) is 8.51. The molecule has 120 valence electrons. The van der Waals surface area contributed by atoms with Gasteiger partial charge >= 0.3 is 0 Å². The van der Waals surface area contributed by atoms with Gasteiger partial charge in [0.25, 0.3) is 0 Å². The van der Waals surface area contributed by atoms with Gasteiger partial charge in [-0.3, -0.25) is 0 Å². The monoisotopic (exact) mass is 301 g/mol. The predicted molar refractivity (Wildman–Crippen MR) is 90.4 cm³/mol. The standard InChI is InChI=1S/C19H27NO2/c1-4-5-6-7-13-10-16(21)18-14-12-20-9-8-15(14)19(2,3)22-17(18)11-13/h10-11,20-21H,4-9,12H2,1-3H3. The molecule has 2 heterocycles. The number of hydrogen-bond donors (Lipinski definition) is 2. The van der Waals surface area contributed by atoms with Crippen LogP contribution in [-0.4, -0.2) is 23.8 Å². The average molecular weight is 301 g/mol. The Kier molecular flexibility index (Phi) is 4.18. The van der Waals surface area contributed by atoms with E-state index < -0.39 is 0 Å². The second-order valence-corrected chi connectivity index (χ2v) is 6.94. The molecule has 2 aliphatic heterocycles. The molecule has 1 aromatic carbocycles. The van der Waals surface area contributed by atoms with Crippen molar-refractivity contribution >= 4 is 5.57 Å². The summed E-state index contributed by atoms with van der Waals surface area (Å²) >= 11 is 0. The number of phenolic OH excluding ortho intramolecular Hbond substituents is 1. The molecule has 0 bridgehead atoms. The Labute approximate surface area is 133 Å². The van der Waals surface area contributed by atoms with Crippen molar-refractivity contribution in [3.63, 3.8) is 0 Å². The summed E-state index contributed by atoms with van der Waals surface area (Å²) < 4.78 is 6.27. The van der Waals surface area contributed by atoms with Crippen LogP contribution in [-0.2, 0) is 6.42 Å². The van der Waals surface area contributed by atoms with Gasteiger partial charge in [-0.1, -0.05) is 19.8 Å². The van der Waals surface area contributed by atoms with E-state index in [1.54, 1.807) is 0 Å². The van der Waals surface area contributed by atoms with Gasteiger partial charge in [0.1, 0.15) is 17.1 Å². The number of rotatable bonds is 4. The van der Waals surface area contributed by atoms with E-state index in [1.807, 2.05) is 6.07 Å². The number of phenols is 1. The molecule has 0 saturated carbocycles. The van der Waals surface area contributed by atoms with Crippen molar-refractivity contribution in [1.29, 1.82) is 0 Å². The number of fused-ring (bicyclic) bond motifs is 2. The predicted octanol–water partition coefficient (Wildman–Crippen LogP) is 4.04. The number of hydrogen-bond acceptors (Lipinski definition) is 3. The van der Waals surface area contributed by atoms with Crippen molar-refractivity contribution in [2.45, 2.75) is 58.5 Å². The van der Waals surface area contributed by atoms with Gasteiger partial charge in [0, 0.05) is 6.54 Å². The number of nitrogens with one attached hydrogen (secondary N) is 1. The molecule has 3 nitrogen and oxygen atoms in total. The second-order valence-electron chi connectivity index (χ2n) is 6.94. The maximum Gasteiger partial charge on any atom is 0.132 e. The van der Waals surface area contributed by atoms with Crippen LogP contribution in [0.4, 0.5) is 0 Å². The first-order chi connectivity index (χ1) is 10.5. The molecule has 2 N–H and O–H groups in total. The van der Waals surface area contributed by atoms with Gasteiger partial charge in [-0.25, -0.2) is 0 Å². The number of aryl methyl sites for hydroxylation is 1. The van der Waals surface area contributed by atoms with E-state index >= 15 is 0 Å². The highest BCUT2D eigenvalue weighted by molar-refractivity contribution is 5.82. The fraction of sp³-hybridized carbons (Fsp3) is 0.579. The molecule has 0 amide bonds. The van der Waals surface area contributed by atoms with Gasteiger partial charge in [-0.2, -0.15) is 0 Å². The van der Waals surface area contributed by atoms with Gasteiger partial charge < -0.3 is 15.2 Å². The molecule has 0 atom stereocenters. The minimum atomic E-state index is -0.279. The van der Waals surface area contributed by atoms with Crippen LogP contribution in [0.1, 0.15) is 57.6 Å². The van der Waals surface area contributed by atoms with Gasteiger partial charge in [0.15, 0.2) is 0 Å². The molecule has 0 saturated heterocycles. The van der Waals surface area contributed by atoms with E-state index in [4.69, 9.17) is 4.74 Å². The molecule has 1 aromatic rings. The Hall–Kier alpha value is -1.48. The van der Waals surface area contributed by atoms with Crippen LogP contribution in [0.15, 0.2) is 17.7 Å². The van der Waals surface area contributed by atoms with Crippen LogP contribution in [0.3, 0.4) is 0 Å². The number of unbranched alkanes of at least 4 members (excludes halogenated alkanes) is 2. The summed E-state index contributed by atoms with van der Waals surface area (Å²) in [5.41, 5.74) is 4.36. The van der Waals surface area contributed by atoms with E-state index in [2.05, 4.69) is 32.2 Å². The van der Waals surface area contributed by atoms with E-state index in [0.717, 1.165) is 43.7 Å². The molecular formula is C19H27NO2. The van der Waals surface area contributed by atoms with Gasteiger partial charge in [-0.05, 0) is 68.5 Å². The lowest BCUT2D eigenvalue weighted by molar-refractivity contribution is 0.137. The quantitative estimate of drug-likeness (QED) is 0.825. The van der Waals surface area contributed by atoms with Crippen molar-refractivity contribution in [3.8, 4) is 11.5 Å². The molecule has 0 radical (unpaired) electrons. The highest BCUT2D eigenvalue weighted by atomic mass is 16.5. The second kappa shape index (κ2) is 5.96. The normalized spacial score (nSPS) is 19.4. The minimum absolute atomic E-state index is 0.279. The summed E-state index contributed by atoms with van der Waals surface area (Å²) in [6.07, 6.45) is 5.58. The first kappa shape index (κ1) is 15.4. The third kappa shape index (κ3) is 2.74. The van der Waals surface area contributed by atoms with Crippen LogP contribution >= 0.6 is 0 Å². The topological polar surface area (TPSA) is 41.5 Å². The zero-order valence-electron chi connectivity index (χ0n) is 14.0. The number of ether oxygens (including phenoxy) is 1.